The van der Waals surface area contributed by atoms with Crippen LogP contribution >= 0.6 is 22.9 Å². The van der Waals surface area contributed by atoms with Crippen molar-refractivity contribution in [3.63, 3.8) is 0 Å². The number of para-hydroxylation sites is 1. The predicted octanol–water partition coefficient (Wildman–Crippen LogP) is 1.25. The van der Waals surface area contributed by atoms with Crippen LogP contribution in [-0.4, -0.2) is 50.5 Å². The summed E-state index contributed by atoms with van der Waals surface area (Å²) in [6.45, 7) is 10.9. The van der Waals surface area contributed by atoms with E-state index in [0.717, 1.165) is 49.4 Å². The zero-order valence-electron chi connectivity index (χ0n) is 16.2. The molecule has 4 nitrogen and oxygen atoms in total. The van der Waals surface area contributed by atoms with Gasteiger partial charge >= 0.3 is 0 Å². The molecule has 1 atom stereocenters. The fourth-order valence-corrected chi connectivity index (χ4v) is 4.86. The lowest BCUT2D eigenvalue weighted by molar-refractivity contribution is -1.02. The molecule has 1 aliphatic heterocycles. The number of thiophene rings is 1. The van der Waals surface area contributed by atoms with Crippen LogP contribution in [0.4, 0.5) is 0 Å². The zero-order chi connectivity index (χ0) is 19.2. The minimum Gasteiger partial charge on any atom is -0.490 e. The van der Waals surface area contributed by atoms with Gasteiger partial charge < -0.3 is 19.6 Å². The van der Waals surface area contributed by atoms with Crippen molar-refractivity contribution >= 4 is 22.9 Å². The fraction of sp³-hybridized carbons (Fsp3) is 0.524. The average Bonchev–Trinajstić information content (AvgIpc) is 3.06. The number of hydrogen-bond acceptors (Lipinski definition) is 3. The molecule has 27 heavy (non-hydrogen) atoms. The highest BCUT2D eigenvalue weighted by Gasteiger charge is 2.25. The highest BCUT2D eigenvalue weighted by molar-refractivity contribution is 7.16. The van der Waals surface area contributed by atoms with Gasteiger partial charge in [0.2, 0.25) is 0 Å². The van der Waals surface area contributed by atoms with E-state index in [1.807, 2.05) is 24.3 Å². The molecule has 1 saturated heterocycles. The Morgan fingerprint density at radius 2 is 1.78 bits per heavy atom. The summed E-state index contributed by atoms with van der Waals surface area (Å²) in [5.41, 5.74) is 1.20. The van der Waals surface area contributed by atoms with E-state index in [9.17, 15) is 5.11 Å². The molecule has 148 valence electrons. The lowest BCUT2D eigenvalue weighted by Gasteiger charge is -2.30. The highest BCUT2D eigenvalue weighted by atomic mass is 35.5. The van der Waals surface area contributed by atoms with Crippen molar-refractivity contribution in [3.8, 4) is 5.75 Å². The molecule has 0 amide bonds. The maximum absolute atomic E-state index is 10.4. The Kier molecular flexibility index (Phi) is 7.56. The van der Waals surface area contributed by atoms with Crippen LogP contribution in [0.3, 0.4) is 0 Å². The van der Waals surface area contributed by atoms with Crippen molar-refractivity contribution < 1.29 is 19.6 Å². The van der Waals surface area contributed by atoms with Crippen molar-refractivity contribution in [1.82, 2.24) is 0 Å². The molecule has 0 spiro atoms. The van der Waals surface area contributed by atoms with E-state index in [-0.39, 0.29) is 0 Å². The van der Waals surface area contributed by atoms with Gasteiger partial charge in [0.15, 0.2) is 0 Å². The Balaban J connectivity index is 1.40. The lowest BCUT2D eigenvalue weighted by Crippen LogP contribution is -3.28. The Morgan fingerprint density at radius 1 is 1.07 bits per heavy atom. The van der Waals surface area contributed by atoms with E-state index in [1.165, 1.54) is 15.3 Å². The second kappa shape index (κ2) is 9.89. The van der Waals surface area contributed by atoms with Crippen LogP contribution in [0.25, 0.3) is 0 Å². The third-order valence-electron chi connectivity index (χ3n) is 5.21. The van der Waals surface area contributed by atoms with Crippen LogP contribution in [-0.2, 0) is 6.54 Å². The molecule has 3 N–H and O–H groups in total. The SMILES string of the molecule is CC(C)c1ccccc1OC[C@H](O)C[NH+]1CC[NH+](Cc2ccc(Cl)s2)CC1. The van der Waals surface area contributed by atoms with E-state index in [0.29, 0.717) is 12.5 Å². The van der Waals surface area contributed by atoms with Gasteiger partial charge in [-0.15, -0.1) is 11.3 Å². The fourth-order valence-electron chi connectivity index (χ4n) is 3.70. The van der Waals surface area contributed by atoms with Crippen LogP contribution in [0, 0.1) is 0 Å². The molecule has 0 radical (unpaired) electrons. The minimum absolute atomic E-state index is 0.359. The highest BCUT2D eigenvalue weighted by Crippen LogP contribution is 2.25. The number of aliphatic hydroxyl groups excluding tert-OH is 1. The Hall–Kier alpha value is -1.11. The van der Waals surface area contributed by atoms with Gasteiger partial charge in [0.05, 0.1) is 9.21 Å². The molecule has 1 aromatic heterocycles. The quantitative estimate of drug-likeness (QED) is 0.612. The summed E-state index contributed by atoms with van der Waals surface area (Å²) < 4.78 is 6.80. The molecule has 0 aliphatic carbocycles. The van der Waals surface area contributed by atoms with Crippen LogP contribution in [0.5, 0.6) is 5.75 Å². The average molecular weight is 411 g/mol. The van der Waals surface area contributed by atoms with E-state index in [4.69, 9.17) is 16.3 Å². The normalized spacial score (nSPS) is 21.4. The number of halogens is 1. The number of quaternary nitrogens is 2. The molecule has 1 aromatic carbocycles. The molecular weight excluding hydrogens is 380 g/mol. The summed E-state index contributed by atoms with van der Waals surface area (Å²) in [5, 5.41) is 10.4. The first-order valence-electron chi connectivity index (χ1n) is 9.82. The largest absolute Gasteiger partial charge is 0.490 e. The molecule has 0 bridgehead atoms. The molecule has 3 rings (SSSR count). The van der Waals surface area contributed by atoms with E-state index in [2.05, 4.69) is 26.0 Å². The van der Waals surface area contributed by atoms with Gasteiger partial charge in [0.1, 0.15) is 57.7 Å². The van der Waals surface area contributed by atoms with Crippen molar-refractivity contribution in [2.75, 3.05) is 39.3 Å². The number of nitrogens with one attached hydrogen (secondary N) is 2. The smallest absolute Gasteiger partial charge is 0.137 e. The second-order valence-corrected chi connectivity index (χ2v) is 9.54. The van der Waals surface area contributed by atoms with Gasteiger partial charge in [-0.1, -0.05) is 43.6 Å². The molecule has 0 saturated carbocycles. The van der Waals surface area contributed by atoms with E-state index >= 15 is 0 Å². The maximum atomic E-state index is 10.4. The predicted molar refractivity (Wildman–Crippen MR) is 111 cm³/mol. The van der Waals surface area contributed by atoms with Crippen molar-refractivity contribution in [2.45, 2.75) is 32.4 Å². The van der Waals surface area contributed by atoms with Gasteiger partial charge in [-0.05, 0) is 29.7 Å². The van der Waals surface area contributed by atoms with Crippen LogP contribution in [0.15, 0.2) is 36.4 Å². The van der Waals surface area contributed by atoms with Crippen molar-refractivity contribution in [2.24, 2.45) is 0 Å². The molecule has 2 aromatic rings. The second-order valence-electron chi connectivity index (χ2n) is 7.74. The van der Waals surface area contributed by atoms with Gasteiger partial charge in [0, 0.05) is 0 Å². The lowest BCUT2D eigenvalue weighted by atomic mass is 10.0. The van der Waals surface area contributed by atoms with Crippen LogP contribution in [0.1, 0.15) is 30.2 Å². The van der Waals surface area contributed by atoms with Crippen molar-refractivity contribution in [1.29, 1.82) is 0 Å². The standard InChI is InChI=1S/C21H29ClN2O2S/c1-16(2)19-5-3-4-6-20(19)26-15-17(25)13-23-9-11-24(12-10-23)14-18-7-8-21(22)27-18/h3-8,16-17,25H,9-15H2,1-2H3/p+2/t17-/m1/s1. The summed E-state index contributed by atoms with van der Waals surface area (Å²) in [5.74, 6) is 1.31. The monoisotopic (exact) mass is 410 g/mol. The topological polar surface area (TPSA) is 38.3 Å². The Bertz CT molecular complexity index is 714. The number of benzene rings is 1. The third kappa shape index (κ3) is 6.19. The molecule has 0 unspecified atom stereocenters. The van der Waals surface area contributed by atoms with E-state index < -0.39 is 6.10 Å². The summed E-state index contributed by atoms with van der Waals surface area (Å²) in [6, 6.07) is 12.2. The Morgan fingerprint density at radius 3 is 2.44 bits per heavy atom. The van der Waals surface area contributed by atoms with Crippen LogP contribution in [0.2, 0.25) is 4.34 Å². The molecule has 1 fully saturated rings. The summed E-state index contributed by atoms with van der Waals surface area (Å²) in [7, 11) is 0. The summed E-state index contributed by atoms with van der Waals surface area (Å²) >= 11 is 7.71. The first-order valence-corrected chi connectivity index (χ1v) is 11.0. The first kappa shape index (κ1) is 20.6. The molecule has 2 heterocycles. The Labute approximate surface area is 171 Å². The van der Waals surface area contributed by atoms with E-state index in [1.54, 1.807) is 16.2 Å². The number of rotatable bonds is 8. The third-order valence-corrected chi connectivity index (χ3v) is 6.44. The number of aliphatic hydroxyl groups is 1. The summed E-state index contributed by atoms with van der Waals surface area (Å²) in [4.78, 5) is 4.43. The van der Waals surface area contributed by atoms with Gasteiger partial charge in [-0.25, -0.2) is 0 Å². The molecular formula is C21H31ClN2O2S+2. The summed E-state index contributed by atoms with van der Waals surface area (Å²) in [6.07, 6.45) is -0.433. The van der Waals surface area contributed by atoms with Gasteiger partial charge in [0.25, 0.3) is 0 Å². The molecule has 6 heteroatoms. The number of hydrogen-bond donors (Lipinski definition) is 3. The zero-order valence-corrected chi connectivity index (χ0v) is 17.8. The van der Waals surface area contributed by atoms with Crippen molar-refractivity contribution in [3.05, 3.63) is 51.2 Å². The maximum Gasteiger partial charge on any atom is 0.137 e. The minimum atomic E-state index is -0.433. The first-order chi connectivity index (χ1) is 13.0. The molecule has 1 aliphatic rings. The number of ether oxygens (including phenoxy) is 1. The van der Waals surface area contributed by atoms with Gasteiger partial charge in [-0.3, -0.25) is 0 Å². The van der Waals surface area contributed by atoms with Gasteiger partial charge in [-0.2, -0.15) is 0 Å². The van der Waals surface area contributed by atoms with Crippen LogP contribution < -0.4 is 14.5 Å². The number of piperazine rings is 1.